The van der Waals surface area contributed by atoms with Gasteiger partial charge in [-0.3, -0.25) is 0 Å². The van der Waals surface area contributed by atoms with Crippen LogP contribution in [-0.4, -0.2) is 13.2 Å². The van der Waals surface area contributed by atoms with E-state index >= 15 is 0 Å². The van der Waals surface area contributed by atoms with Crippen LogP contribution >= 0.6 is 11.6 Å². The summed E-state index contributed by atoms with van der Waals surface area (Å²) in [5.41, 5.74) is 5.92. The molecule has 0 saturated heterocycles. The van der Waals surface area contributed by atoms with Gasteiger partial charge in [0, 0.05) is 17.0 Å². The molecule has 14 heavy (non-hydrogen) atoms. The molecule has 0 bridgehead atoms. The summed E-state index contributed by atoms with van der Waals surface area (Å²) < 4.78 is 5.64. The first kappa shape index (κ1) is 9.81. The molecule has 1 fully saturated rings. The summed E-state index contributed by atoms with van der Waals surface area (Å²) in [6.07, 6.45) is 2.38. The third kappa shape index (κ3) is 2.20. The summed E-state index contributed by atoms with van der Waals surface area (Å²) in [5.74, 6) is 0.870. The van der Waals surface area contributed by atoms with Crippen molar-refractivity contribution in [3.63, 3.8) is 0 Å². The molecule has 0 radical (unpaired) electrons. The molecule has 76 valence electrons. The maximum absolute atomic E-state index is 5.77. The van der Waals surface area contributed by atoms with Crippen LogP contribution in [0, 0.1) is 5.41 Å². The van der Waals surface area contributed by atoms with Gasteiger partial charge in [-0.25, -0.2) is 0 Å². The van der Waals surface area contributed by atoms with Crippen molar-refractivity contribution in [3.8, 4) is 5.75 Å². The van der Waals surface area contributed by atoms with Gasteiger partial charge >= 0.3 is 0 Å². The van der Waals surface area contributed by atoms with Crippen LogP contribution in [0.2, 0.25) is 5.02 Å². The van der Waals surface area contributed by atoms with Crippen molar-refractivity contribution in [2.24, 2.45) is 11.1 Å². The van der Waals surface area contributed by atoms with Crippen molar-refractivity contribution >= 4 is 11.6 Å². The third-order valence-corrected chi connectivity index (χ3v) is 3.00. The number of rotatable bonds is 4. The fraction of sp³-hybridized carbons (Fsp3) is 0.455. The zero-order valence-corrected chi connectivity index (χ0v) is 8.76. The zero-order valence-electron chi connectivity index (χ0n) is 8.00. The molecule has 0 spiro atoms. The van der Waals surface area contributed by atoms with E-state index in [-0.39, 0.29) is 5.41 Å². The summed E-state index contributed by atoms with van der Waals surface area (Å²) in [7, 11) is 0. The van der Waals surface area contributed by atoms with Gasteiger partial charge in [-0.2, -0.15) is 0 Å². The Morgan fingerprint density at radius 2 is 1.93 bits per heavy atom. The monoisotopic (exact) mass is 211 g/mol. The number of nitrogens with two attached hydrogens (primary N) is 1. The van der Waals surface area contributed by atoms with Gasteiger partial charge in [-0.15, -0.1) is 0 Å². The van der Waals surface area contributed by atoms with Crippen LogP contribution in [0.4, 0.5) is 0 Å². The standard InChI is InChI=1S/C11H14ClNO/c12-9-1-3-10(4-2-9)14-8-11(7-13)5-6-11/h1-4H,5-8,13H2. The van der Waals surface area contributed by atoms with Gasteiger partial charge in [-0.05, 0) is 37.1 Å². The van der Waals surface area contributed by atoms with E-state index in [9.17, 15) is 0 Å². The molecule has 0 aromatic heterocycles. The van der Waals surface area contributed by atoms with Gasteiger partial charge in [0.2, 0.25) is 0 Å². The van der Waals surface area contributed by atoms with E-state index in [2.05, 4.69) is 0 Å². The second-order valence-electron chi connectivity index (χ2n) is 3.95. The average Bonchev–Trinajstić information content (AvgIpc) is 2.98. The lowest BCUT2D eigenvalue weighted by molar-refractivity contribution is 0.239. The van der Waals surface area contributed by atoms with Crippen LogP contribution in [0.3, 0.4) is 0 Å². The molecule has 2 nitrogen and oxygen atoms in total. The quantitative estimate of drug-likeness (QED) is 0.831. The summed E-state index contributed by atoms with van der Waals surface area (Å²) in [6.45, 7) is 1.45. The van der Waals surface area contributed by atoms with Crippen LogP contribution < -0.4 is 10.5 Å². The van der Waals surface area contributed by atoms with Crippen LogP contribution in [0.1, 0.15) is 12.8 Å². The highest BCUT2D eigenvalue weighted by Gasteiger charge is 2.42. The molecule has 1 aromatic rings. The summed E-state index contributed by atoms with van der Waals surface area (Å²) in [6, 6.07) is 7.43. The van der Waals surface area contributed by atoms with Gasteiger partial charge in [0.1, 0.15) is 5.75 Å². The van der Waals surface area contributed by atoms with Gasteiger partial charge in [0.15, 0.2) is 0 Å². The maximum atomic E-state index is 5.77. The van der Waals surface area contributed by atoms with Crippen LogP contribution in [-0.2, 0) is 0 Å². The Bertz CT molecular complexity index is 306. The lowest BCUT2D eigenvalue weighted by atomic mass is 10.1. The molecule has 0 unspecified atom stereocenters. The largest absolute Gasteiger partial charge is 0.493 e. The SMILES string of the molecule is NCC1(COc2ccc(Cl)cc2)CC1. The predicted octanol–water partition coefficient (Wildman–Crippen LogP) is 2.46. The molecule has 0 heterocycles. The lowest BCUT2D eigenvalue weighted by Gasteiger charge is -2.13. The summed E-state index contributed by atoms with van der Waals surface area (Å²) >= 11 is 5.77. The van der Waals surface area contributed by atoms with Crippen molar-refractivity contribution in [2.75, 3.05) is 13.2 Å². The van der Waals surface area contributed by atoms with Crippen LogP contribution in [0.25, 0.3) is 0 Å². The lowest BCUT2D eigenvalue weighted by Crippen LogP contribution is -2.22. The molecule has 0 atom stereocenters. The molecule has 1 aliphatic rings. The molecular weight excluding hydrogens is 198 g/mol. The van der Waals surface area contributed by atoms with Gasteiger partial charge < -0.3 is 10.5 Å². The highest BCUT2D eigenvalue weighted by atomic mass is 35.5. The smallest absolute Gasteiger partial charge is 0.119 e. The van der Waals surface area contributed by atoms with E-state index in [4.69, 9.17) is 22.1 Å². The van der Waals surface area contributed by atoms with Crippen molar-refractivity contribution in [3.05, 3.63) is 29.3 Å². The van der Waals surface area contributed by atoms with E-state index in [1.165, 1.54) is 12.8 Å². The van der Waals surface area contributed by atoms with Crippen LogP contribution in [0.15, 0.2) is 24.3 Å². The molecule has 1 aliphatic carbocycles. The molecule has 2 rings (SSSR count). The number of halogens is 1. The Balaban J connectivity index is 1.89. The Labute approximate surface area is 89.0 Å². The minimum atomic E-state index is 0.264. The Hall–Kier alpha value is -0.730. The molecule has 3 heteroatoms. The van der Waals surface area contributed by atoms with Crippen molar-refractivity contribution in [2.45, 2.75) is 12.8 Å². The second-order valence-corrected chi connectivity index (χ2v) is 4.38. The van der Waals surface area contributed by atoms with Gasteiger partial charge in [0.25, 0.3) is 0 Å². The van der Waals surface area contributed by atoms with Crippen molar-refractivity contribution in [1.29, 1.82) is 0 Å². The minimum absolute atomic E-state index is 0.264. The molecule has 1 saturated carbocycles. The van der Waals surface area contributed by atoms with E-state index in [0.717, 1.165) is 23.9 Å². The summed E-state index contributed by atoms with van der Waals surface area (Å²) in [5, 5.41) is 0.734. The first-order valence-electron chi connectivity index (χ1n) is 4.83. The highest BCUT2D eigenvalue weighted by molar-refractivity contribution is 6.30. The van der Waals surface area contributed by atoms with E-state index < -0.39 is 0 Å². The Morgan fingerprint density at radius 1 is 1.29 bits per heavy atom. The van der Waals surface area contributed by atoms with Crippen molar-refractivity contribution in [1.82, 2.24) is 0 Å². The number of benzene rings is 1. The number of hydrogen-bond acceptors (Lipinski definition) is 2. The predicted molar refractivity (Wildman–Crippen MR) is 57.7 cm³/mol. The molecule has 0 aliphatic heterocycles. The average molecular weight is 212 g/mol. The fourth-order valence-electron chi connectivity index (χ4n) is 1.35. The minimum Gasteiger partial charge on any atom is -0.493 e. The number of hydrogen-bond donors (Lipinski definition) is 1. The second kappa shape index (κ2) is 3.79. The van der Waals surface area contributed by atoms with E-state index in [1.54, 1.807) is 0 Å². The highest BCUT2D eigenvalue weighted by Crippen LogP contribution is 2.44. The van der Waals surface area contributed by atoms with Crippen LogP contribution in [0.5, 0.6) is 5.75 Å². The molecule has 2 N–H and O–H groups in total. The van der Waals surface area contributed by atoms with Crippen molar-refractivity contribution < 1.29 is 4.74 Å². The van der Waals surface area contributed by atoms with Gasteiger partial charge in [0.05, 0.1) is 6.61 Å². The Morgan fingerprint density at radius 3 is 2.43 bits per heavy atom. The van der Waals surface area contributed by atoms with E-state index in [0.29, 0.717) is 0 Å². The first-order valence-corrected chi connectivity index (χ1v) is 5.20. The Kier molecular flexibility index (Phi) is 2.66. The summed E-state index contributed by atoms with van der Waals surface area (Å²) in [4.78, 5) is 0. The molecule has 0 amide bonds. The maximum Gasteiger partial charge on any atom is 0.119 e. The van der Waals surface area contributed by atoms with E-state index in [1.807, 2.05) is 24.3 Å². The topological polar surface area (TPSA) is 35.2 Å². The number of ether oxygens (including phenoxy) is 1. The van der Waals surface area contributed by atoms with Gasteiger partial charge in [-0.1, -0.05) is 11.6 Å². The third-order valence-electron chi connectivity index (χ3n) is 2.75. The first-order chi connectivity index (χ1) is 6.74. The molecular formula is C11H14ClNO. The fourth-order valence-corrected chi connectivity index (χ4v) is 1.48. The normalized spacial score (nSPS) is 17.9. The zero-order chi connectivity index (χ0) is 10.0. The molecule has 1 aromatic carbocycles.